The van der Waals surface area contributed by atoms with E-state index < -0.39 is 92.1 Å². The molecule has 0 radical (unpaired) electrons. The van der Waals surface area contributed by atoms with Crippen molar-refractivity contribution in [1.29, 1.82) is 0 Å². The molecule has 0 aliphatic rings. The maximum atomic E-state index is 11.9. The number of hydrogen-bond donors (Lipinski definition) is 12. The van der Waals surface area contributed by atoms with Crippen molar-refractivity contribution in [3.63, 3.8) is 0 Å². The Morgan fingerprint density at radius 2 is 0.491 bits per heavy atom. The molecule has 0 atom stereocenters. The Kier molecular flexibility index (Phi) is 36.9. The number of Topliss-reactive ketones (excluding diaryl/α,β-unsaturated/α-hetero) is 3. The fraction of sp³-hybridized carbons (Fsp3) is 0.0854. The van der Waals surface area contributed by atoms with Crippen LogP contribution in [0, 0.1) is 6.92 Å². The average Bonchev–Trinajstić information content (AvgIpc) is 0.853. The number of allylic oxidation sites excluding steroid dienone is 6. The number of ketones is 9. The molecule has 0 aliphatic carbocycles. The van der Waals surface area contributed by atoms with Crippen LogP contribution in [-0.2, 0) is 0 Å². The molecule has 10 rings (SSSR count). The Morgan fingerprint density at radius 3 is 0.673 bits per heavy atom. The first-order valence-corrected chi connectivity index (χ1v) is 34.8. The zero-order valence-corrected chi connectivity index (χ0v) is 63.8. The van der Waals surface area contributed by atoms with E-state index in [2.05, 4.69) is 47.3 Å². The number of rotatable bonds is 21. The minimum Gasteiger partial charge on any atom is -0.504 e. The fourth-order valence-corrected chi connectivity index (χ4v) is 8.87. The topological polar surface area (TPSA) is 424 Å². The zero-order valence-electron chi connectivity index (χ0n) is 59.1. The van der Waals surface area contributed by atoms with E-state index in [9.17, 15) is 104 Å². The first kappa shape index (κ1) is 89.4. The van der Waals surface area contributed by atoms with Crippen molar-refractivity contribution in [2.45, 2.75) is 26.7 Å². The average molecular weight is 1690 g/mol. The van der Waals surface area contributed by atoms with Gasteiger partial charge < -0.3 is 75.5 Å². The molecule has 10 aromatic carbocycles. The predicted molar refractivity (Wildman–Crippen MR) is 423 cm³/mol. The summed E-state index contributed by atoms with van der Waals surface area (Å²) in [4.78, 5) is 105. The van der Waals surface area contributed by atoms with E-state index in [1.54, 1.807) is 101 Å². The maximum Gasteiger partial charge on any atom is 0.369 e. The Labute approximate surface area is 655 Å². The lowest BCUT2D eigenvalue weighted by Crippen LogP contribution is -2.05. The largest absolute Gasteiger partial charge is 0.504 e. The van der Waals surface area contributed by atoms with Gasteiger partial charge in [0.15, 0.2) is 133 Å². The van der Waals surface area contributed by atoms with E-state index in [0.29, 0.717) is 39.5 Å². The van der Waals surface area contributed by atoms with Crippen LogP contribution in [0.2, 0.25) is 0 Å². The molecule has 0 aliphatic heterocycles. The molecule has 0 fully saturated rings. The van der Waals surface area contributed by atoms with Crippen LogP contribution >= 0.6 is 47.3 Å². The molecule has 12 N–H and O–H groups in total. The smallest absolute Gasteiger partial charge is 0.369 e. The second-order valence-corrected chi connectivity index (χ2v) is 28.8. The molecule has 568 valence electrons. The first-order valence-electron chi connectivity index (χ1n) is 32.0. The molecule has 0 saturated carbocycles. The van der Waals surface area contributed by atoms with Crippen molar-refractivity contribution < 1.29 is 119 Å². The Balaban J connectivity index is 0.000000282. The Bertz CT molecular complexity index is 4430. The van der Waals surface area contributed by atoms with Crippen molar-refractivity contribution in [1.82, 2.24) is 0 Å². The molecule has 110 heavy (non-hydrogen) atoms. The number of carbonyl (C=O) groups is 9. The summed E-state index contributed by atoms with van der Waals surface area (Å²) in [5.41, 5.74) is 3.63. The van der Waals surface area contributed by atoms with Crippen LogP contribution in [0.15, 0.2) is 249 Å². The summed E-state index contributed by atoms with van der Waals surface area (Å²) in [5, 5.41) is 112. The molecule has 0 spiro atoms. The van der Waals surface area contributed by atoms with Gasteiger partial charge in [0.05, 0.1) is 21.3 Å². The molecule has 0 saturated heterocycles. The van der Waals surface area contributed by atoms with Crippen molar-refractivity contribution in [2.75, 3.05) is 21.3 Å². The van der Waals surface area contributed by atoms with Gasteiger partial charge in [0.25, 0.3) is 0 Å². The maximum absolute atomic E-state index is 11.9. The van der Waals surface area contributed by atoms with Gasteiger partial charge in [-0.2, -0.15) is 0 Å². The Hall–Kier alpha value is -13.0. The summed E-state index contributed by atoms with van der Waals surface area (Å²) in [6.45, 7) is 3.54. The van der Waals surface area contributed by atoms with Gasteiger partial charge in [0.1, 0.15) is 0 Å². The third kappa shape index (κ3) is 29.4. The number of aromatic hydroxyl groups is 12. The SMILES string of the molecule is BrB(Br)Br.CC(=O)c1ccccc1.COc1cc(C)cc(OC)c1OC.O=C(/C=C/C(=O)c1cc(O)c(O)c(O)c1)c1cc(O)c(O)c(O)c1.O=C(/C=C/C(=O)c1ccccc1)c1ccccc1.O=C(/C=C\C(=O)c1cc(O)c(O)c(O)c1)c1cc(O)c(O)c(O)c1.O=C(CCC(=O)c1ccccc1)c1ccccc1. The number of halogens is 3. The highest BCUT2D eigenvalue weighted by atomic mass is 79.9. The number of phenols is 12. The second-order valence-electron chi connectivity index (χ2n) is 22.3. The third-order valence-electron chi connectivity index (χ3n) is 14.5. The van der Waals surface area contributed by atoms with Crippen LogP contribution in [0.3, 0.4) is 0 Å². The molecule has 0 amide bonds. The monoisotopic (exact) mass is 1690 g/mol. The van der Waals surface area contributed by atoms with Crippen LogP contribution in [0.25, 0.3) is 0 Å². The van der Waals surface area contributed by atoms with Gasteiger partial charge in [-0.3, -0.25) is 43.2 Å². The molecule has 24 nitrogen and oxygen atoms in total. The van der Waals surface area contributed by atoms with Crippen LogP contribution in [0.5, 0.6) is 86.2 Å². The molecular weight excluding hydrogens is 1620 g/mol. The van der Waals surface area contributed by atoms with Gasteiger partial charge in [-0.25, -0.2) is 0 Å². The number of hydrogen-bond acceptors (Lipinski definition) is 24. The zero-order chi connectivity index (χ0) is 81.7. The second kappa shape index (κ2) is 45.5. The van der Waals surface area contributed by atoms with Gasteiger partial charge in [0, 0.05) is 62.9 Å². The summed E-state index contributed by atoms with van der Waals surface area (Å²) in [6, 6.07) is 56.2. The number of benzene rings is 10. The molecule has 0 heterocycles. The van der Waals surface area contributed by atoms with Crippen molar-refractivity contribution >= 4 is 103 Å². The quantitative estimate of drug-likeness (QED) is 0.0138. The lowest BCUT2D eigenvalue weighted by atomic mass is 10.0. The van der Waals surface area contributed by atoms with Gasteiger partial charge in [-0.15, -0.1) is 47.3 Å². The highest BCUT2D eigenvalue weighted by molar-refractivity contribution is 9.69. The summed E-state index contributed by atoms with van der Waals surface area (Å²) in [6.07, 6.45) is 6.51. The molecule has 0 unspecified atom stereocenters. The third-order valence-corrected chi connectivity index (χ3v) is 14.5. The van der Waals surface area contributed by atoms with Crippen molar-refractivity contribution in [2.24, 2.45) is 0 Å². The van der Waals surface area contributed by atoms with Crippen LogP contribution in [0.4, 0.5) is 0 Å². The predicted octanol–water partition coefficient (Wildman–Crippen LogP) is 16.0. The molecular formula is C82H72BBr3O24. The lowest BCUT2D eigenvalue weighted by molar-refractivity contribution is 0.0917. The van der Waals surface area contributed by atoms with E-state index in [0.717, 1.165) is 84.0 Å². The van der Waals surface area contributed by atoms with Crippen LogP contribution in [-0.4, -0.2) is 138 Å². The van der Waals surface area contributed by atoms with Gasteiger partial charge in [0.2, 0.25) is 5.75 Å². The number of methoxy groups -OCH3 is 3. The minimum absolute atomic E-state index is 0.0138. The minimum atomic E-state index is -0.776. The number of ether oxygens (including phenoxy) is 3. The molecule has 10 aromatic rings. The summed E-state index contributed by atoms with van der Waals surface area (Å²) in [5.74, 6) is -9.88. The van der Waals surface area contributed by atoms with Crippen molar-refractivity contribution in [3.05, 3.63) is 304 Å². The van der Waals surface area contributed by atoms with E-state index in [-0.39, 0.29) is 67.2 Å². The van der Waals surface area contributed by atoms with Crippen LogP contribution < -0.4 is 14.2 Å². The molecule has 0 aromatic heterocycles. The van der Waals surface area contributed by atoms with Gasteiger partial charge in [-0.05, 0) is 117 Å². The summed E-state index contributed by atoms with van der Waals surface area (Å²) < 4.78 is 15.7. The summed E-state index contributed by atoms with van der Waals surface area (Å²) in [7, 11) is 4.81. The summed E-state index contributed by atoms with van der Waals surface area (Å²) >= 11 is 9.31. The normalized spacial score (nSPS) is 10.2. The number of phenolic OH excluding ortho intramolecular Hbond substituents is 12. The first-order chi connectivity index (χ1) is 52.2. The standard InChI is InChI=1S/2C16H12O8.C16H14O2.C16H12O2.C10H14O3.C8H8O.BBr3/c2*17-9(7-3-11(19)15(23)12(20)4-7)1-2-10(18)8-5-13(21)16(24)14(22)6-8;2*17-15(13-7-3-1-4-8-13)11-12-16(18)14-9-5-2-6-10-14;1-7-5-8(11-2)10(13-4)9(6-7)12-3;1-7(9)8-5-3-2-4-6-8;2-1(3)4/h2*1-6,19-24H;1-10H,11-12H2;1-12H;5-6H,1-4H3;2-6H,1H3;/b2-1+;2-1-;;12-11+;;;. The number of carbonyl (C=O) groups excluding carboxylic acids is 9. The Morgan fingerprint density at radius 1 is 0.300 bits per heavy atom. The van der Waals surface area contributed by atoms with Gasteiger partial charge >= 0.3 is 3.18 Å². The highest BCUT2D eigenvalue weighted by Crippen LogP contribution is 2.40. The highest BCUT2D eigenvalue weighted by Gasteiger charge is 2.18. The van der Waals surface area contributed by atoms with E-state index in [4.69, 9.17) is 14.2 Å². The molecule has 28 heteroatoms. The fourth-order valence-electron chi connectivity index (χ4n) is 8.87. The van der Waals surface area contributed by atoms with Gasteiger partial charge in [-0.1, -0.05) is 152 Å². The molecule has 0 bridgehead atoms. The van der Waals surface area contributed by atoms with Crippen molar-refractivity contribution in [3.8, 4) is 86.2 Å². The van der Waals surface area contributed by atoms with Crippen LogP contribution in [0.1, 0.15) is 119 Å². The number of aryl methyl sites for hydroxylation is 1. The van der Waals surface area contributed by atoms with E-state index in [1.165, 1.54) is 12.2 Å². The van der Waals surface area contributed by atoms with E-state index >= 15 is 0 Å². The lowest BCUT2D eigenvalue weighted by Gasteiger charge is -2.12. The van der Waals surface area contributed by atoms with E-state index in [1.807, 2.05) is 97.9 Å².